The minimum Gasteiger partial charge on any atom is -0.338 e. The van der Waals surface area contributed by atoms with Crippen molar-refractivity contribution in [1.82, 2.24) is 20.3 Å². The van der Waals surface area contributed by atoms with Crippen LogP contribution < -0.4 is 0 Å². The number of hydrogen-bond donors (Lipinski definition) is 0. The molecule has 0 radical (unpaired) electrons. The van der Waals surface area contributed by atoms with Gasteiger partial charge in [0, 0.05) is 0 Å². The molecule has 0 aliphatic carbocycles. The van der Waals surface area contributed by atoms with Crippen molar-refractivity contribution in [2.45, 2.75) is 24.7 Å². The van der Waals surface area contributed by atoms with Crippen molar-refractivity contribution in [3.8, 4) is 6.07 Å². The summed E-state index contributed by atoms with van der Waals surface area (Å²) in [6.45, 7) is 0. The van der Waals surface area contributed by atoms with E-state index in [9.17, 15) is 26.3 Å². The first-order valence-corrected chi connectivity index (χ1v) is 5.83. The Morgan fingerprint density at radius 3 is 1.65 bits per heavy atom. The molecule has 0 fully saturated rings. The molecule has 0 amide bonds. The molecule has 2 aromatic rings. The summed E-state index contributed by atoms with van der Waals surface area (Å²) in [4.78, 5) is 5.91. The third-order valence-electron chi connectivity index (χ3n) is 1.79. The first-order valence-electron chi connectivity index (χ1n) is 5.30. The molecule has 126 valence electrons. The molecule has 7 nitrogen and oxygen atoms in total. The number of alkyl halides is 7. The Balaban J connectivity index is 0.000000231. The second-order valence-electron chi connectivity index (χ2n) is 3.49. The number of nitriles is 1. The lowest BCUT2D eigenvalue weighted by molar-refractivity contribution is -0.146. The summed E-state index contributed by atoms with van der Waals surface area (Å²) >= 11 is 5.13. The summed E-state index contributed by atoms with van der Waals surface area (Å²) < 4.78 is 78.7. The van der Waals surface area contributed by atoms with Crippen molar-refractivity contribution in [3.63, 3.8) is 0 Å². The Morgan fingerprint density at radius 2 is 1.35 bits per heavy atom. The summed E-state index contributed by atoms with van der Waals surface area (Å²) in [5.41, 5.74) is 0. The lowest BCUT2D eigenvalue weighted by Crippen LogP contribution is -2.07. The second kappa shape index (κ2) is 7.27. The van der Waals surface area contributed by atoms with E-state index in [1.54, 1.807) is 6.07 Å². The fourth-order valence-electron chi connectivity index (χ4n) is 0.934. The highest BCUT2D eigenvalue weighted by molar-refractivity contribution is 6.16. The standard InChI is InChI=1S/C5H2F3N3O.C4H2ClF3N2O/c6-5(7,8)4-10-3(1-2-9)12-11-4;5-1-2-9-3(10-11-2)4(6,7)8/h1H2;1H2. The van der Waals surface area contributed by atoms with Crippen LogP contribution in [0.25, 0.3) is 0 Å². The van der Waals surface area contributed by atoms with Gasteiger partial charge in [0.2, 0.25) is 11.8 Å². The molecule has 0 bridgehead atoms. The smallest absolute Gasteiger partial charge is 0.338 e. The fraction of sp³-hybridized carbons (Fsp3) is 0.444. The molecule has 0 aromatic carbocycles. The van der Waals surface area contributed by atoms with Crippen LogP contribution in [0.4, 0.5) is 26.3 Å². The highest BCUT2D eigenvalue weighted by Crippen LogP contribution is 2.26. The van der Waals surface area contributed by atoms with Gasteiger partial charge in [0.25, 0.3) is 11.6 Å². The largest absolute Gasteiger partial charge is 0.455 e. The highest BCUT2D eigenvalue weighted by atomic mass is 35.5. The van der Waals surface area contributed by atoms with Crippen LogP contribution >= 0.6 is 11.6 Å². The molecule has 2 rings (SSSR count). The van der Waals surface area contributed by atoms with Crippen LogP contribution in [0.3, 0.4) is 0 Å². The van der Waals surface area contributed by atoms with E-state index in [0.29, 0.717) is 0 Å². The maximum Gasteiger partial charge on any atom is 0.455 e. The summed E-state index contributed by atoms with van der Waals surface area (Å²) in [6.07, 6.45) is -9.49. The van der Waals surface area contributed by atoms with E-state index in [4.69, 9.17) is 16.9 Å². The zero-order valence-electron chi connectivity index (χ0n) is 10.6. The lowest BCUT2D eigenvalue weighted by Gasteiger charge is -1.95. The van der Waals surface area contributed by atoms with E-state index in [-0.39, 0.29) is 24.1 Å². The van der Waals surface area contributed by atoms with E-state index >= 15 is 0 Å². The van der Waals surface area contributed by atoms with Crippen molar-refractivity contribution in [1.29, 1.82) is 5.26 Å². The van der Waals surface area contributed by atoms with Crippen LogP contribution in [0.2, 0.25) is 0 Å². The Hall–Kier alpha value is -2.36. The minimum atomic E-state index is -4.61. The van der Waals surface area contributed by atoms with Gasteiger partial charge in [-0.3, -0.25) is 0 Å². The number of halogens is 7. The molecule has 14 heteroatoms. The number of rotatable bonds is 2. The van der Waals surface area contributed by atoms with Gasteiger partial charge in [-0.15, -0.1) is 11.6 Å². The van der Waals surface area contributed by atoms with Gasteiger partial charge in [-0.25, -0.2) is 0 Å². The number of hydrogen-bond acceptors (Lipinski definition) is 7. The molecule has 0 N–H and O–H groups in total. The zero-order valence-corrected chi connectivity index (χ0v) is 11.4. The van der Waals surface area contributed by atoms with Crippen LogP contribution in [0.15, 0.2) is 9.05 Å². The highest BCUT2D eigenvalue weighted by Gasteiger charge is 2.37. The molecule has 0 spiro atoms. The predicted octanol–water partition coefficient (Wildman–Crippen LogP) is 2.98. The summed E-state index contributed by atoms with van der Waals surface area (Å²) in [5.74, 6) is -3.44. The van der Waals surface area contributed by atoms with E-state index in [1.165, 1.54) is 0 Å². The summed E-state index contributed by atoms with van der Waals surface area (Å²) in [7, 11) is 0. The summed E-state index contributed by atoms with van der Waals surface area (Å²) in [6, 6.07) is 1.59. The molecule has 2 aromatic heterocycles. The molecule has 0 saturated carbocycles. The molecule has 2 heterocycles. The van der Waals surface area contributed by atoms with Gasteiger partial charge < -0.3 is 9.05 Å². The maximum atomic E-state index is 11.8. The van der Waals surface area contributed by atoms with Crippen LogP contribution in [0, 0.1) is 11.3 Å². The zero-order chi connectivity index (χ0) is 17.7. The van der Waals surface area contributed by atoms with Crippen LogP contribution in [-0.2, 0) is 24.7 Å². The maximum absolute atomic E-state index is 11.8. The van der Waals surface area contributed by atoms with E-state index in [0.717, 1.165) is 0 Å². The minimum absolute atomic E-state index is 0.219. The van der Waals surface area contributed by atoms with Gasteiger partial charge in [0.05, 0.1) is 6.07 Å². The average Bonchev–Trinajstić information content (AvgIpc) is 3.07. The van der Waals surface area contributed by atoms with E-state index in [1.807, 2.05) is 0 Å². The number of nitrogens with zero attached hydrogens (tertiary/aromatic N) is 5. The monoisotopic (exact) mass is 363 g/mol. The van der Waals surface area contributed by atoms with Crippen LogP contribution in [0.1, 0.15) is 23.4 Å². The Kier molecular flexibility index (Phi) is 5.91. The van der Waals surface area contributed by atoms with Crippen molar-refractivity contribution in [2.24, 2.45) is 0 Å². The fourth-order valence-corrected chi connectivity index (χ4v) is 1.04. The van der Waals surface area contributed by atoms with Crippen molar-refractivity contribution in [2.75, 3.05) is 0 Å². The predicted molar refractivity (Wildman–Crippen MR) is 57.5 cm³/mol. The van der Waals surface area contributed by atoms with E-state index in [2.05, 4.69) is 29.3 Å². The quantitative estimate of drug-likeness (QED) is 0.597. The second-order valence-corrected chi connectivity index (χ2v) is 3.75. The van der Waals surface area contributed by atoms with Crippen molar-refractivity contribution in [3.05, 3.63) is 23.4 Å². The molecule has 0 aliphatic heterocycles. The summed E-state index contributed by atoms with van der Waals surface area (Å²) in [5, 5.41) is 13.4. The van der Waals surface area contributed by atoms with Gasteiger partial charge >= 0.3 is 12.4 Å². The SMILES string of the molecule is FC(F)(F)c1noc(CCl)n1.N#CCc1nc(C(F)(F)F)no1. The third kappa shape index (κ3) is 5.74. The number of aromatic nitrogens is 4. The topological polar surface area (TPSA) is 102 Å². The Labute approximate surface area is 127 Å². The molecule has 0 aliphatic rings. The van der Waals surface area contributed by atoms with Gasteiger partial charge in [0.15, 0.2) is 0 Å². The van der Waals surface area contributed by atoms with Gasteiger partial charge in [0.1, 0.15) is 12.3 Å². The Bertz CT molecular complexity index is 673. The van der Waals surface area contributed by atoms with Crippen molar-refractivity contribution < 1.29 is 35.4 Å². The molecule has 0 saturated heterocycles. The molecule has 0 unspecified atom stereocenters. The molecular formula is C9H4ClF6N5O2. The third-order valence-corrected chi connectivity index (χ3v) is 2.02. The van der Waals surface area contributed by atoms with E-state index < -0.39 is 24.0 Å². The van der Waals surface area contributed by atoms with Crippen LogP contribution in [0.5, 0.6) is 0 Å². The molecule has 0 atom stereocenters. The van der Waals surface area contributed by atoms with Crippen LogP contribution in [-0.4, -0.2) is 20.3 Å². The lowest BCUT2D eigenvalue weighted by atomic mass is 10.5. The Morgan fingerprint density at radius 1 is 0.913 bits per heavy atom. The van der Waals surface area contributed by atoms with Crippen molar-refractivity contribution >= 4 is 11.6 Å². The average molecular weight is 364 g/mol. The molecular weight excluding hydrogens is 360 g/mol. The van der Waals surface area contributed by atoms with Gasteiger partial charge in [-0.1, -0.05) is 10.3 Å². The van der Waals surface area contributed by atoms with Gasteiger partial charge in [-0.2, -0.15) is 41.6 Å². The first kappa shape index (κ1) is 18.7. The normalized spacial score (nSPS) is 11.6. The van der Waals surface area contributed by atoms with Gasteiger partial charge in [-0.05, 0) is 0 Å². The molecule has 23 heavy (non-hydrogen) atoms. The first-order chi connectivity index (χ1) is 10.6.